The normalized spacial score (nSPS) is 12.5. The summed E-state index contributed by atoms with van der Waals surface area (Å²) in [6, 6.07) is 5.99. The van der Waals surface area contributed by atoms with E-state index in [9.17, 15) is 0 Å². The van der Waals surface area contributed by atoms with Crippen molar-refractivity contribution in [1.29, 1.82) is 0 Å². The van der Waals surface area contributed by atoms with Gasteiger partial charge in [0, 0.05) is 22.4 Å². The van der Waals surface area contributed by atoms with Gasteiger partial charge in [0.2, 0.25) is 0 Å². The van der Waals surface area contributed by atoms with Gasteiger partial charge in [0.05, 0.1) is 6.61 Å². The summed E-state index contributed by atoms with van der Waals surface area (Å²) in [5.41, 5.74) is 1.11. The molecule has 16 heavy (non-hydrogen) atoms. The largest absolute Gasteiger partial charge is 0.492 e. The van der Waals surface area contributed by atoms with E-state index in [4.69, 9.17) is 16.3 Å². The minimum Gasteiger partial charge on any atom is -0.492 e. The minimum absolute atomic E-state index is 0.239. The Balaban J connectivity index is 2.80. The summed E-state index contributed by atoms with van der Waals surface area (Å²) in [4.78, 5) is 0. The van der Waals surface area contributed by atoms with Gasteiger partial charge >= 0.3 is 0 Å². The Morgan fingerprint density at radius 2 is 2.25 bits per heavy atom. The average molecular weight is 260 g/mol. The Morgan fingerprint density at radius 3 is 2.88 bits per heavy atom. The quantitative estimate of drug-likeness (QED) is 0.792. The first-order valence-corrected chi connectivity index (χ1v) is 7.04. The molecule has 0 heterocycles. The van der Waals surface area contributed by atoms with Gasteiger partial charge in [0.25, 0.3) is 0 Å². The molecule has 90 valence electrons. The van der Waals surface area contributed by atoms with E-state index in [1.807, 2.05) is 25.2 Å². The Labute approximate surface area is 107 Å². The summed E-state index contributed by atoms with van der Waals surface area (Å²) in [6.07, 6.45) is 2.07. The second kappa shape index (κ2) is 7.05. The van der Waals surface area contributed by atoms with Crippen LogP contribution in [0, 0.1) is 0 Å². The van der Waals surface area contributed by atoms with Gasteiger partial charge in [-0.3, -0.25) is 0 Å². The summed E-state index contributed by atoms with van der Waals surface area (Å²) >= 11 is 7.77. The highest BCUT2D eigenvalue weighted by atomic mass is 35.5. The fraction of sp³-hybridized carbons (Fsp3) is 0.500. The highest BCUT2D eigenvalue weighted by Gasteiger charge is 2.10. The molecule has 0 saturated carbocycles. The van der Waals surface area contributed by atoms with Gasteiger partial charge < -0.3 is 10.1 Å². The van der Waals surface area contributed by atoms with Crippen LogP contribution in [0.1, 0.15) is 18.5 Å². The highest BCUT2D eigenvalue weighted by Crippen LogP contribution is 2.28. The predicted octanol–water partition coefficient (Wildman–Crippen LogP) is 3.36. The molecule has 1 unspecified atom stereocenters. The molecule has 0 aromatic heterocycles. The first-order valence-electron chi connectivity index (χ1n) is 5.27. The summed E-state index contributed by atoms with van der Waals surface area (Å²) in [5.74, 6) is 1.91. The Morgan fingerprint density at radius 1 is 1.50 bits per heavy atom. The second-order valence-corrected chi connectivity index (χ2v) is 4.96. The zero-order valence-corrected chi connectivity index (χ0v) is 11.5. The molecule has 2 nitrogen and oxygen atoms in total. The van der Waals surface area contributed by atoms with Crippen LogP contribution in [0.5, 0.6) is 5.75 Å². The van der Waals surface area contributed by atoms with Crippen molar-refractivity contribution in [1.82, 2.24) is 5.32 Å². The van der Waals surface area contributed by atoms with Crippen LogP contribution in [0.15, 0.2) is 18.2 Å². The first kappa shape index (κ1) is 13.7. The monoisotopic (exact) mass is 259 g/mol. The van der Waals surface area contributed by atoms with E-state index in [1.54, 1.807) is 11.8 Å². The molecule has 0 aliphatic heterocycles. The van der Waals surface area contributed by atoms with Crippen LogP contribution in [0.3, 0.4) is 0 Å². The van der Waals surface area contributed by atoms with Gasteiger partial charge in [0.15, 0.2) is 0 Å². The molecule has 0 radical (unpaired) electrons. The SMILES string of the molecule is CNC(C)c1cc(Cl)ccc1OCCSC. The van der Waals surface area contributed by atoms with Crippen LogP contribution in [-0.4, -0.2) is 25.7 Å². The third-order valence-electron chi connectivity index (χ3n) is 2.42. The summed E-state index contributed by atoms with van der Waals surface area (Å²) in [7, 11) is 1.93. The zero-order valence-electron chi connectivity index (χ0n) is 9.92. The molecular formula is C12H18ClNOS. The lowest BCUT2D eigenvalue weighted by Crippen LogP contribution is -2.14. The topological polar surface area (TPSA) is 21.3 Å². The number of hydrogen-bond acceptors (Lipinski definition) is 3. The highest BCUT2D eigenvalue weighted by molar-refractivity contribution is 7.98. The van der Waals surface area contributed by atoms with E-state index in [0.29, 0.717) is 0 Å². The number of nitrogens with one attached hydrogen (secondary N) is 1. The number of thioether (sulfide) groups is 1. The second-order valence-electron chi connectivity index (χ2n) is 3.53. The van der Waals surface area contributed by atoms with Crippen molar-refractivity contribution < 1.29 is 4.74 Å². The van der Waals surface area contributed by atoms with Crippen molar-refractivity contribution in [3.8, 4) is 5.75 Å². The molecule has 0 bridgehead atoms. The van der Waals surface area contributed by atoms with Crippen LogP contribution in [0.25, 0.3) is 0 Å². The molecule has 0 aliphatic carbocycles. The number of benzene rings is 1. The number of ether oxygens (including phenoxy) is 1. The number of hydrogen-bond donors (Lipinski definition) is 1. The maximum atomic E-state index is 5.99. The third-order valence-corrected chi connectivity index (χ3v) is 3.23. The van der Waals surface area contributed by atoms with E-state index >= 15 is 0 Å². The Bertz CT molecular complexity index is 333. The summed E-state index contributed by atoms with van der Waals surface area (Å²) < 4.78 is 5.74. The van der Waals surface area contributed by atoms with Crippen LogP contribution in [-0.2, 0) is 0 Å². The maximum absolute atomic E-state index is 5.99. The third kappa shape index (κ3) is 3.89. The summed E-state index contributed by atoms with van der Waals surface area (Å²) in [5, 5.41) is 3.94. The van der Waals surface area contributed by atoms with E-state index in [1.165, 1.54) is 0 Å². The van der Waals surface area contributed by atoms with Gasteiger partial charge in [-0.05, 0) is 38.4 Å². The van der Waals surface area contributed by atoms with Crippen molar-refractivity contribution in [2.24, 2.45) is 0 Å². The number of halogens is 1. The first-order chi connectivity index (χ1) is 7.69. The van der Waals surface area contributed by atoms with Gasteiger partial charge in [0.1, 0.15) is 5.75 Å². The average Bonchev–Trinajstić information content (AvgIpc) is 2.30. The Hall–Kier alpha value is -0.380. The van der Waals surface area contributed by atoms with E-state index in [-0.39, 0.29) is 6.04 Å². The molecular weight excluding hydrogens is 242 g/mol. The van der Waals surface area contributed by atoms with Gasteiger partial charge in [-0.2, -0.15) is 11.8 Å². The van der Waals surface area contributed by atoms with Gasteiger partial charge in [-0.1, -0.05) is 11.6 Å². The van der Waals surface area contributed by atoms with E-state index < -0.39 is 0 Å². The van der Waals surface area contributed by atoms with Crippen molar-refractivity contribution in [2.75, 3.05) is 25.7 Å². The summed E-state index contributed by atoms with van der Waals surface area (Å²) in [6.45, 7) is 2.82. The van der Waals surface area contributed by atoms with Crippen LogP contribution in [0.4, 0.5) is 0 Å². The molecule has 0 spiro atoms. The van der Waals surface area contributed by atoms with Crippen molar-refractivity contribution in [2.45, 2.75) is 13.0 Å². The molecule has 1 aromatic carbocycles. The van der Waals surface area contributed by atoms with Crippen LogP contribution < -0.4 is 10.1 Å². The smallest absolute Gasteiger partial charge is 0.124 e. The predicted molar refractivity (Wildman–Crippen MR) is 72.8 cm³/mol. The molecule has 1 aromatic rings. The standard InChI is InChI=1S/C12H18ClNOS/c1-9(14-2)11-8-10(13)4-5-12(11)15-6-7-16-3/h4-5,8-9,14H,6-7H2,1-3H3. The molecule has 1 N–H and O–H groups in total. The Kier molecular flexibility index (Phi) is 6.03. The van der Waals surface area contributed by atoms with Crippen molar-refractivity contribution >= 4 is 23.4 Å². The van der Waals surface area contributed by atoms with E-state index in [2.05, 4.69) is 18.5 Å². The van der Waals surface area contributed by atoms with Gasteiger partial charge in [-0.25, -0.2) is 0 Å². The zero-order chi connectivity index (χ0) is 12.0. The lowest BCUT2D eigenvalue weighted by molar-refractivity contribution is 0.337. The fourth-order valence-electron chi connectivity index (χ4n) is 1.38. The van der Waals surface area contributed by atoms with Crippen molar-refractivity contribution in [3.63, 3.8) is 0 Å². The minimum atomic E-state index is 0.239. The molecule has 0 saturated heterocycles. The molecule has 0 aliphatic rings. The lowest BCUT2D eigenvalue weighted by atomic mass is 10.1. The lowest BCUT2D eigenvalue weighted by Gasteiger charge is -2.16. The number of rotatable bonds is 6. The molecule has 0 amide bonds. The van der Waals surface area contributed by atoms with Gasteiger partial charge in [-0.15, -0.1) is 0 Å². The van der Waals surface area contributed by atoms with Crippen molar-refractivity contribution in [3.05, 3.63) is 28.8 Å². The molecule has 1 atom stereocenters. The van der Waals surface area contributed by atoms with E-state index in [0.717, 1.165) is 28.7 Å². The van der Waals surface area contributed by atoms with Crippen LogP contribution >= 0.6 is 23.4 Å². The molecule has 1 rings (SSSR count). The molecule has 4 heteroatoms. The fourth-order valence-corrected chi connectivity index (χ4v) is 1.81. The molecule has 0 fully saturated rings. The van der Waals surface area contributed by atoms with Crippen LogP contribution in [0.2, 0.25) is 5.02 Å². The maximum Gasteiger partial charge on any atom is 0.124 e.